The van der Waals surface area contributed by atoms with Gasteiger partial charge in [-0.3, -0.25) is 9.59 Å². The first kappa shape index (κ1) is 23.1. The van der Waals surface area contributed by atoms with Crippen molar-refractivity contribution in [2.24, 2.45) is 7.05 Å². The molecule has 0 aliphatic carbocycles. The molecule has 0 amide bonds. The van der Waals surface area contributed by atoms with Gasteiger partial charge in [-0.2, -0.15) is 0 Å². The van der Waals surface area contributed by atoms with Crippen molar-refractivity contribution in [3.05, 3.63) is 57.7 Å². The van der Waals surface area contributed by atoms with Crippen LogP contribution in [0.25, 0.3) is 32.8 Å². The average Bonchev–Trinajstić information content (AvgIpc) is 2.85. The molecule has 5 rings (SSSR count). The van der Waals surface area contributed by atoms with E-state index in [0.717, 1.165) is 65.3 Å². The smallest absolute Gasteiger partial charge is 0.305 e. The number of carbonyl (C=O) groups excluding carboxylic acids is 1. The van der Waals surface area contributed by atoms with E-state index in [0.29, 0.717) is 24.0 Å². The molecule has 182 valence electrons. The van der Waals surface area contributed by atoms with Crippen LogP contribution in [-0.4, -0.2) is 44.3 Å². The maximum Gasteiger partial charge on any atom is 0.305 e. The van der Waals surface area contributed by atoms with E-state index in [2.05, 4.69) is 17.0 Å². The standard InChI is InChI=1S/C28H32N3O4/c1-5-34-26(32)9-7-13-31-12-6-8-18-14-19-15-22-27(35-25(19)17-23(18)31)21-11-10-20(29(2)3)16-24(21)30(4)28(22)33/h10-11,14-17H,5-9,12-13H2,1-4H3/q+1. The Morgan fingerprint density at radius 3 is 2.74 bits per heavy atom. The van der Waals surface area contributed by atoms with Gasteiger partial charge < -0.3 is 18.6 Å². The summed E-state index contributed by atoms with van der Waals surface area (Å²) in [5.41, 5.74) is 4.56. The third kappa shape index (κ3) is 4.20. The van der Waals surface area contributed by atoms with Gasteiger partial charge in [-0.15, -0.1) is 0 Å². The number of anilines is 1. The molecule has 0 saturated carbocycles. The minimum absolute atomic E-state index is 0.0626. The van der Waals surface area contributed by atoms with Crippen LogP contribution in [-0.2, 0) is 23.0 Å². The van der Waals surface area contributed by atoms with E-state index in [-0.39, 0.29) is 11.5 Å². The molecule has 1 aliphatic rings. The minimum Gasteiger partial charge on any atom is -0.466 e. The summed E-state index contributed by atoms with van der Waals surface area (Å²) >= 11 is 0. The first-order chi connectivity index (χ1) is 16.9. The molecule has 0 fully saturated rings. The van der Waals surface area contributed by atoms with Gasteiger partial charge in [-0.1, -0.05) is 0 Å². The van der Waals surface area contributed by atoms with Crippen LogP contribution in [0.4, 0.5) is 5.69 Å². The summed E-state index contributed by atoms with van der Waals surface area (Å²) in [6, 6.07) is 12.3. The van der Waals surface area contributed by atoms with Crippen molar-refractivity contribution >= 4 is 44.5 Å². The highest BCUT2D eigenvalue weighted by Gasteiger charge is 2.20. The lowest BCUT2D eigenvalue weighted by Gasteiger charge is -2.31. The first-order valence-electron chi connectivity index (χ1n) is 12.3. The molecule has 7 nitrogen and oxygen atoms in total. The largest absolute Gasteiger partial charge is 0.466 e. The van der Waals surface area contributed by atoms with Crippen molar-refractivity contribution in [3.8, 4) is 0 Å². The van der Waals surface area contributed by atoms with Crippen molar-refractivity contribution in [2.75, 3.05) is 38.7 Å². The number of hydrogen-bond acceptors (Lipinski definition) is 5. The summed E-state index contributed by atoms with van der Waals surface area (Å²) in [6.45, 7) is 3.99. The second-order valence-corrected chi connectivity index (χ2v) is 9.47. The van der Waals surface area contributed by atoms with Crippen molar-refractivity contribution < 1.29 is 13.9 Å². The van der Waals surface area contributed by atoms with E-state index in [4.69, 9.17) is 9.15 Å². The van der Waals surface area contributed by atoms with Crippen LogP contribution < -0.4 is 20.4 Å². The average molecular weight is 475 g/mol. The molecule has 0 radical (unpaired) electrons. The Bertz CT molecular complexity index is 1590. The Morgan fingerprint density at radius 2 is 1.97 bits per heavy atom. The molecule has 1 aliphatic heterocycles. The number of carbonyl (C=O) groups is 1. The minimum atomic E-state index is -0.143. The predicted molar refractivity (Wildman–Crippen MR) is 140 cm³/mol. The second kappa shape index (κ2) is 9.21. The highest BCUT2D eigenvalue weighted by Crippen LogP contribution is 2.34. The highest BCUT2D eigenvalue weighted by molar-refractivity contribution is 6.05. The van der Waals surface area contributed by atoms with Crippen LogP contribution in [0.2, 0.25) is 0 Å². The monoisotopic (exact) mass is 474 g/mol. The molecule has 0 atom stereocenters. The van der Waals surface area contributed by atoms with E-state index < -0.39 is 0 Å². The number of hydrogen-bond donors (Lipinski definition) is 0. The van der Waals surface area contributed by atoms with Gasteiger partial charge in [0, 0.05) is 61.2 Å². The number of nitrogens with zero attached hydrogens (tertiary/aromatic N) is 3. The normalized spacial score (nSPS) is 13.4. The summed E-state index contributed by atoms with van der Waals surface area (Å²) in [5.74, 6) is -0.143. The maximum atomic E-state index is 13.3. The van der Waals surface area contributed by atoms with Crippen LogP contribution in [0, 0.1) is 0 Å². The van der Waals surface area contributed by atoms with Gasteiger partial charge in [0.2, 0.25) is 5.36 Å². The number of ether oxygens (including phenoxy) is 1. The number of rotatable bonds is 5. The molecule has 4 aromatic rings. The molecule has 3 heterocycles. The fourth-order valence-corrected chi connectivity index (χ4v) is 5.09. The number of fused-ring (bicyclic) bond motifs is 5. The number of benzene rings is 2. The zero-order chi connectivity index (χ0) is 24.7. The molecule has 2 aromatic heterocycles. The van der Waals surface area contributed by atoms with Crippen LogP contribution >= 0.6 is 0 Å². The van der Waals surface area contributed by atoms with E-state index in [1.165, 1.54) is 5.56 Å². The maximum absolute atomic E-state index is 13.3. The van der Waals surface area contributed by atoms with Crippen molar-refractivity contribution in [1.29, 1.82) is 0 Å². The molecule has 2 aromatic carbocycles. The number of aromatic nitrogens is 1. The topological polar surface area (TPSA) is 67.7 Å². The lowest BCUT2D eigenvalue weighted by molar-refractivity contribution is -0.143. The number of esters is 1. The molecule has 7 heteroatoms. The summed E-state index contributed by atoms with van der Waals surface area (Å²) in [5, 5.41) is 3.47. The molecular weight excluding hydrogens is 442 g/mol. The van der Waals surface area contributed by atoms with Gasteiger partial charge in [0.05, 0.1) is 17.5 Å². The molecule has 0 unspecified atom stereocenters. The van der Waals surface area contributed by atoms with E-state index in [1.807, 2.05) is 56.9 Å². The Morgan fingerprint density at radius 1 is 1.14 bits per heavy atom. The summed E-state index contributed by atoms with van der Waals surface area (Å²) in [4.78, 5) is 27.4. The zero-order valence-electron chi connectivity index (χ0n) is 20.9. The number of aryl methyl sites for hydroxylation is 2. The third-order valence-corrected chi connectivity index (χ3v) is 6.94. The Balaban J connectivity index is 1.62. The van der Waals surface area contributed by atoms with Gasteiger partial charge >= 0.3 is 5.97 Å². The van der Waals surface area contributed by atoms with Crippen molar-refractivity contribution in [3.63, 3.8) is 0 Å². The number of pyridine rings is 1. The lowest BCUT2D eigenvalue weighted by atomic mass is 9.98. The van der Waals surface area contributed by atoms with Crippen molar-refractivity contribution in [2.45, 2.75) is 32.6 Å². The molecular formula is C28H32N3O4+. The van der Waals surface area contributed by atoms with Crippen molar-refractivity contribution in [1.82, 2.24) is 9.14 Å². The molecule has 0 saturated heterocycles. The zero-order valence-corrected chi connectivity index (χ0v) is 20.9. The van der Waals surface area contributed by atoms with E-state index >= 15 is 0 Å². The Hall–Kier alpha value is -3.61. The van der Waals surface area contributed by atoms with Gasteiger partial charge in [0.15, 0.2) is 0 Å². The Kier molecular flexibility index (Phi) is 6.09. The summed E-state index contributed by atoms with van der Waals surface area (Å²) < 4.78 is 15.3. The van der Waals surface area contributed by atoms with Crippen LogP contribution in [0.5, 0.6) is 0 Å². The van der Waals surface area contributed by atoms with Gasteiger partial charge in [-0.25, -0.2) is 4.58 Å². The molecule has 0 spiro atoms. The molecule has 0 N–H and O–H groups in total. The van der Waals surface area contributed by atoms with Gasteiger partial charge in [0.25, 0.3) is 5.56 Å². The SMILES string of the molecule is CCOC(=O)CCCN1CCCc2cc3cc4c(=O)n(C)c5cc(=[N+](C)C)ccc5c4oc3cc21. The summed E-state index contributed by atoms with van der Waals surface area (Å²) in [7, 11) is 5.79. The molecule has 0 bridgehead atoms. The first-order valence-corrected chi connectivity index (χ1v) is 12.3. The van der Waals surface area contributed by atoms with Crippen LogP contribution in [0.3, 0.4) is 0 Å². The fourth-order valence-electron chi connectivity index (χ4n) is 5.09. The Labute approximate surface area is 203 Å². The fraction of sp³-hybridized carbons (Fsp3) is 0.393. The van der Waals surface area contributed by atoms with Gasteiger partial charge in [0.1, 0.15) is 25.3 Å². The lowest BCUT2D eigenvalue weighted by Crippen LogP contribution is -2.30. The predicted octanol–water partition coefficient (Wildman–Crippen LogP) is 3.57. The quantitative estimate of drug-likeness (QED) is 0.192. The second-order valence-electron chi connectivity index (χ2n) is 9.47. The molecule has 35 heavy (non-hydrogen) atoms. The van der Waals surface area contributed by atoms with Crippen LogP contribution in [0.15, 0.2) is 45.6 Å². The van der Waals surface area contributed by atoms with E-state index in [1.54, 1.807) is 4.57 Å². The van der Waals surface area contributed by atoms with E-state index in [9.17, 15) is 9.59 Å². The summed E-state index contributed by atoms with van der Waals surface area (Å²) in [6.07, 6.45) is 3.22. The van der Waals surface area contributed by atoms with Crippen LogP contribution in [0.1, 0.15) is 31.7 Å². The third-order valence-electron chi connectivity index (χ3n) is 6.94. The van der Waals surface area contributed by atoms with Gasteiger partial charge in [-0.05, 0) is 49.9 Å². The highest BCUT2D eigenvalue weighted by atomic mass is 16.5.